The minimum absolute atomic E-state index is 0.0375. The van der Waals surface area contributed by atoms with Gasteiger partial charge in [0.15, 0.2) is 9.84 Å². The summed E-state index contributed by atoms with van der Waals surface area (Å²) in [4.78, 5) is 24.9. The average molecular weight is 291 g/mol. The third kappa shape index (κ3) is 3.68. The SMILES string of the molecule is CC(C)C(C)(CC(=O)N1CCS(=O)(=O)CC1)C(=O)O. The molecule has 0 radical (unpaired) electrons. The lowest BCUT2D eigenvalue weighted by atomic mass is 9.76. The molecule has 110 valence electrons. The van der Waals surface area contributed by atoms with Crippen LogP contribution in [0.25, 0.3) is 0 Å². The Morgan fingerprint density at radius 2 is 1.74 bits per heavy atom. The number of hydrogen-bond acceptors (Lipinski definition) is 4. The monoisotopic (exact) mass is 291 g/mol. The van der Waals surface area contributed by atoms with Crippen LogP contribution in [-0.2, 0) is 19.4 Å². The first kappa shape index (κ1) is 15.9. The van der Waals surface area contributed by atoms with E-state index >= 15 is 0 Å². The van der Waals surface area contributed by atoms with Crippen molar-refractivity contribution >= 4 is 21.7 Å². The lowest BCUT2D eigenvalue weighted by molar-refractivity contribution is -0.155. The van der Waals surface area contributed by atoms with E-state index < -0.39 is 21.2 Å². The van der Waals surface area contributed by atoms with Crippen molar-refractivity contribution in [3.05, 3.63) is 0 Å². The van der Waals surface area contributed by atoms with E-state index in [2.05, 4.69) is 0 Å². The largest absolute Gasteiger partial charge is 0.481 e. The van der Waals surface area contributed by atoms with Gasteiger partial charge < -0.3 is 10.0 Å². The maximum absolute atomic E-state index is 12.1. The summed E-state index contributed by atoms with van der Waals surface area (Å²) in [6, 6.07) is 0. The van der Waals surface area contributed by atoms with Crippen LogP contribution in [0.3, 0.4) is 0 Å². The highest BCUT2D eigenvalue weighted by Crippen LogP contribution is 2.32. The van der Waals surface area contributed by atoms with Gasteiger partial charge in [0.2, 0.25) is 5.91 Å². The lowest BCUT2D eigenvalue weighted by Gasteiger charge is -2.33. The maximum Gasteiger partial charge on any atom is 0.310 e. The Balaban J connectivity index is 2.72. The zero-order valence-electron chi connectivity index (χ0n) is 11.5. The van der Waals surface area contributed by atoms with E-state index in [1.165, 1.54) is 4.90 Å². The normalized spacial score (nSPS) is 22.0. The molecule has 0 aromatic heterocycles. The molecule has 7 heteroatoms. The molecule has 0 aromatic rings. The molecule has 0 bridgehead atoms. The number of amides is 1. The molecule has 1 rings (SSSR count). The van der Waals surface area contributed by atoms with E-state index in [0.29, 0.717) is 0 Å². The summed E-state index contributed by atoms with van der Waals surface area (Å²) in [5, 5.41) is 9.27. The van der Waals surface area contributed by atoms with Crippen molar-refractivity contribution in [2.75, 3.05) is 24.6 Å². The second kappa shape index (κ2) is 5.48. The van der Waals surface area contributed by atoms with E-state index in [0.717, 1.165) is 0 Å². The molecule has 1 fully saturated rings. The highest BCUT2D eigenvalue weighted by molar-refractivity contribution is 7.91. The van der Waals surface area contributed by atoms with Crippen LogP contribution in [0, 0.1) is 11.3 Å². The standard InChI is InChI=1S/C12H21NO5S/c1-9(2)12(3,11(15)16)8-10(14)13-4-6-19(17,18)7-5-13/h9H,4-8H2,1-3H3,(H,15,16). The van der Waals surface area contributed by atoms with Gasteiger partial charge in [-0.3, -0.25) is 9.59 Å². The van der Waals surface area contributed by atoms with Crippen molar-refractivity contribution in [1.29, 1.82) is 0 Å². The van der Waals surface area contributed by atoms with Gasteiger partial charge in [0.25, 0.3) is 0 Å². The highest BCUT2D eigenvalue weighted by atomic mass is 32.2. The van der Waals surface area contributed by atoms with Crippen LogP contribution < -0.4 is 0 Å². The van der Waals surface area contributed by atoms with Crippen molar-refractivity contribution in [3.63, 3.8) is 0 Å². The summed E-state index contributed by atoms with van der Waals surface area (Å²) >= 11 is 0. The second-order valence-corrected chi connectivity index (χ2v) is 7.89. The van der Waals surface area contributed by atoms with Gasteiger partial charge in [0, 0.05) is 19.5 Å². The zero-order valence-corrected chi connectivity index (χ0v) is 12.4. The van der Waals surface area contributed by atoms with Crippen molar-refractivity contribution in [1.82, 2.24) is 4.90 Å². The number of rotatable bonds is 4. The van der Waals surface area contributed by atoms with Crippen LogP contribution in [0.15, 0.2) is 0 Å². The van der Waals surface area contributed by atoms with Gasteiger partial charge in [-0.1, -0.05) is 13.8 Å². The number of aliphatic carboxylic acids is 1. The van der Waals surface area contributed by atoms with E-state index in [9.17, 15) is 23.1 Å². The van der Waals surface area contributed by atoms with Gasteiger partial charge in [-0.2, -0.15) is 0 Å². The van der Waals surface area contributed by atoms with Gasteiger partial charge in [-0.25, -0.2) is 8.42 Å². The van der Waals surface area contributed by atoms with E-state index in [4.69, 9.17) is 0 Å². The molecule has 1 saturated heterocycles. The Kier molecular flexibility index (Phi) is 4.60. The predicted molar refractivity (Wildman–Crippen MR) is 70.4 cm³/mol. The first-order chi connectivity index (χ1) is 8.58. The molecule has 0 aromatic carbocycles. The number of sulfone groups is 1. The van der Waals surface area contributed by atoms with E-state index in [1.807, 2.05) is 0 Å². The molecule has 1 heterocycles. The van der Waals surface area contributed by atoms with Crippen LogP contribution in [-0.4, -0.2) is 54.9 Å². The zero-order chi connectivity index (χ0) is 14.8. The van der Waals surface area contributed by atoms with Crippen LogP contribution in [0.5, 0.6) is 0 Å². The second-order valence-electron chi connectivity index (χ2n) is 5.59. The lowest BCUT2D eigenvalue weighted by Crippen LogP contribution is -2.47. The van der Waals surface area contributed by atoms with Crippen LogP contribution in [0.4, 0.5) is 0 Å². The van der Waals surface area contributed by atoms with Crippen molar-refractivity contribution in [3.8, 4) is 0 Å². The van der Waals surface area contributed by atoms with E-state index in [1.54, 1.807) is 20.8 Å². The van der Waals surface area contributed by atoms with Crippen molar-refractivity contribution < 1.29 is 23.1 Å². The first-order valence-electron chi connectivity index (χ1n) is 6.30. The highest BCUT2D eigenvalue weighted by Gasteiger charge is 2.40. The minimum atomic E-state index is -3.04. The smallest absolute Gasteiger partial charge is 0.310 e. The third-order valence-corrected chi connectivity index (χ3v) is 5.59. The molecular weight excluding hydrogens is 270 g/mol. The Morgan fingerprint density at radius 1 is 1.26 bits per heavy atom. The fourth-order valence-corrected chi connectivity index (χ4v) is 3.12. The summed E-state index contributed by atoms with van der Waals surface area (Å²) in [6.07, 6.45) is -0.0972. The number of hydrogen-bond donors (Lipinski definition) is 1. The van der Waals surface area contributed by atoms with Gasteiger partial charge in [0.05, 0.1) is 16.9 Å². The van der Waals surface area contributed by atoms with Crippen molar-refractivity contribution in [2.45, 2.75) is 27.2 Å². The fourth-order valence-electron chi connectivity index (χ4n) is 1.91. The maximum atomic E-state index is 12.1. The fraction of sp³-hybridized carbons (Fsp3) is 0.833. The van der Waals surface area contributed by atoms with Crippen molar-refractivity contribution in [2.24, 2.45) is 11.3 Å². The summed E-state index contributed by atoms with van der Waals surface area (Å²) in [7, 11) is -3.04. The number of carboxylic acids is 1. The first-order valence-corrected chi connectivity index (χ1v) is 8.12. The molecule has 0 spiro atoms. The summed E-state index contributed by atoms with van der Waals surface area (Å²) in [5.74, 6) is -1.54. The third-order valence-electron chi connectivity index (χ3n) is 3.98. The average Bonchev–Trinajstić information content (AvgIpc) is 2.27. The Labute approximate surface area is 113 Å². The molecule has 19 heavy (non-hydrogen) atoms. The van der Waals surface area contributed by atoms with Crippen LogP contribution in [0.2, 0.25) is 0 Å². The number of carbonyl (C=O) groups is 2. The quantitative estimate of drug-likeness (QED) is 0.808. The van der Waals surface area contributed by atoms with Gasteiger partial charge in [-0.15, -0.1) is 0 Å². The Bertz CT molecular complexity index is 457. The molecule has 1 aliphatic rings. The summed E-state index contributed by atoms with van der Waals surface area (Å²) < 4.78 is 22.6. The molecular formula is C12H21NO5S. The predicted octanol–water partition coefficient (Wildman–Crippen LogP) is 0.380. The number of carboxylic acid groups (broad SMARTS) is 1. The van der Waals surface area contributed by atoms with E-state index in [-0.39, 0.29) is 42.8 Å². The number of carbonyl (C=O) groups excluding carboxylic acids is 1. The molecule has 1 unspecified atom stereocenters. The topological polar surface area (TPSA) is 91.8 Å². The minimum Gasteiger partial charge on any atom is -0.481 e. The Hall–Kier alpha value is -1.11. The molecule has 1 amide bonds. The molecule has 1 aliphatic heterocycles. The molecule has 1 N–H and O–H groups in total. The molecule has 0 saturated carbocycles. The molecule has 0 aliphatic carbocycles. The molecule has 1 atom stereocenters. The Morgan fingerprint density at radius 3 is 2.11 bits per heavy atom. The van der Waals surface area contributed by atoms with Gasteiger partial charge >= 0.3 is 5.97 Å². The van der Waals surface area contributed by atoms with Crippen LogP contribution >= 0.6 is 0 Å². The summed E-state index contributed by atoms with van der Waals surface area (Å²) in [5.41, 5.74) is -1.12. The number of nitrogens with zero attached hydrogens (tertiary/aromatic N) is 1. The summed E-state index contributed by atoms with van der Waals surface area (Å²) in [6.45, 7) is 5.41. The van der Waals surface area contributed by atoms with Crippen LogP contribution in [0.1, 0.15) is 27.2 Å². The molecule has 6 nitrogen and oxygen atoms in total. The van der Waals surface area contributed by atoms with Gasteiger partial charge in [0.1, 0.15) is 0 Å². The van der Waals surface area contributed by atoms with Gasteiger partial charge in [-0.05, 0) is 12.8 Å².